The minimum atomic E-state index is -4.53. The number of pyridine rings is 1. The number of thiophene rings is 1. The largest absolute Gasteiger partial charge is 0.419 e. The van der Waals surface area contributed by atoms with E-state index in [1.165, 1.54) is 23.6 Å². The van der Waals surface area contributed by atoms with Crippen LogP contribution in [-0.4, -0.2) is 26.5 Å². The molecule has 2 aromatic rings. The number of nitrogens with one attached hydrogen (secondary N) is 2. The van der Waals surface area contributed by atoms with E-state index in [4.69, 9.17) is 0 Å². The van der Waals surface area contributed by atoms with Gasteiger partial charge in [-0.3, -0.25) is 0 Å². The summed E-state index contributed by atoms with van der Waals surface area (Å²) in [5.74, 6) is -0.327. The smallest absolute Gasteiger partial charge is 0.368 e. The molecular formula is C14H16F3N3O2S2. The minimum absolute atomic E-state index is 0.0263. The second-order valence-corrected chi connectivity index (χ2v) is 8.20. The normalized spacial score (nSPS) is 12.4. The van der Waals surface area contributed by atoms with Gasteiger partial charge in [0.1, 0.15) is 5.82 Å². The van der Waals surface area contributed by atoms with Crippen molar-refractivity contribution in [2.45, 2.75) is 24.9 Å². The fraction of sp³-hybridized carbons (Fsp3) is 0.357. The number of anilines is 1. The second-order valence-electron chi connectivity index (χ2n) is 5.00. The van der Waals surface area contributed by atoms with Gasteiger partial charge in [0.05, 0.1) is 10.5 Å². The van der Waals surface area contributed by atoms with Crippen molar-refractivity contribution >= 4 is 27.2 Å². The highest BCUT2D eigenvalue weighted by Gasteiger charge is 2.33. The summed E-state index contributed by atoms with van der Waals surface area (Å²) in [6.07, 6.45) is -3.29. The molecule has 0 aromatic carbocycles. The third kappa shape index (κ3) is 4.46. The number of alkyl halides is 3. The average molecular weight is 379 g/mol. The van der Waals surface area contributed by atoms with Crippen LogP contribution in [0.2, 0.25) is 0 Å². The summed E-state index contributed by atoms with van der Waals surface area (Å²) in [7, 11) is -3.69. The molecule has 2 N–H and O–H groups in total. The standard InChI is InChI=1S/C14H16F3N3O2S2/c1-9-8-12(10(2)23-9)24(21,22)20-7-6-19-13-11(14(15,16)17)4-3-5-18-13/h3-5,8,20H,6-7H2,1-2H3,(H,18,19). The first-order valence-corrected chi connectivity index (χ1v) is 9.24. The maximum absolute atomic E-state index is 12.8. The highest BCUT2D eigenvalue weighted by atomic mass is 32.2. The number of aromatic nitrogens is 1. The quantitative estimate of drug-likeness (QED) is 0.757. The number of aryl methyl sites for hydroxylation is 2. The zero-order valence-electron chi connectivity index (χ0n) is 12.9. The molecule has 2 heterocycles. The van der Waals surface area contributed by atoms with E-state index in [9.17, 15) is 21.6 Å². The Morgan fingerprint density at radius 1 is 1.25 bits per heavy atom. The Balaban J connectivity index is 1.98. The van der Waals surface area contributed by atoms with Crippen LogP contribution in [0.1, 0.15) is 15.3 Å². The monoisotopic (exact) mass is 379 g/mol. The van der Waals surface area contributed by atoms with E-state index in [-0.39, 0.29) is 23.8 Å². The van der Waals surface area contributed by atoms with Crippen LogP contribution < -0.4 is 10.0 Å². The Bertz CT molecular complexity index is 817. The van der Waals surface area contributed by atoms with Crippen molar-refractivity contribution in [1.29, 1.82) is 0 Å². The van der Waals surface area contributed by atoms with Crippen molar-refractivity contribution in [3.05, 3.63) is 39.7 Å². The van der Waals surface area contributed by atoms with Crippen molar-refractivity contribution in [2.75, 3.05) is 18.4 Å². The predicted molar refractivity (Wildman–Crippen MR) is 86.7 cm³/mol. The fourth-order valence-corrected chi connectivity index (χ4v) is 4.68. The van der Waals surface area contributed by atoms with Gasteiger partial charge >= 0.3 is 6.18 Å². The van der Waals surface area contributed by atoms with Crippen LogP contribution in [0.3, 0.4) is 0 Å². The van der Waals surface area contributed by atoms with Crippen LogP contribution in [-0.2, 0) is 16.2 Å². The van der Waals surface area contributed by atoms with Crippen LogP contribution in [0, 0.1) is 13.8 Å². The van der Waals surface area contributed by atoms with E-state index in [0.717, 1.165) is 10.9 Å². The molecule has 10 heteroatoms. The highest BCUT2D eigenvalue weighted by molar-refractivity contribution is 7.89. The summed E-state index contributed by atoms with van der Waals surface area (Å²) < 4.78 is 65.2. The molecule has 0 amide bonds. The Morgan fingerprint density at radius 3 is 2.54 bits per heavy atom. The number of rotatable bonds is 6. The summed E-state index contributed by atoms with van der Waals surface area (Å²) >= 11 is 1.37. The number of nitrogens with zero attached hydrogens (tertiary/aromatic N) is 1. The van der Waals surface area contributed by atoms with Gasteiger partial charge in [-0.05, 0) is 32.0 Å². The number of hydrogen-bond acceptors (Lipinski definition) is 5. The molecule has 0 saturated heterocycles. The van der Waals surface area contributed by atoms with Crippen molar-refractivity contribution in [3.63, 3.8) is 0 Å². The maximum atomic E-state index is 12.8. The third-order valence-corrected chi connectivity index (χ3v) is 5.79. The SMILES string of the molecule is Cc1cc(S(=O)(=O)NCCNc2ncccc2C(F)(F)F)c(C)s1. The van der Waals surface area contributed by atoms with Gasteiger partial charge in [0, 0.05) is 29.0 Å². The summed E-state index contributed by atoms with van der Waals surface area (Å²) in [6, 6.07) is 3.67. The molecule has 2 rings (SSSR count). The molecule has 0 aliphatic heterocycles. The fourth-order valence-electron chi connectivity index (χ4n) is 2.09. The lowest BCUT2D eigenvalue weighted by Gasteiger charge is -2.13. The third-order valence-electron chi connectivity index (χ3n) is 3.11. The second kappa shape index (κ2) is 7.08. The van der Waals surface area contributed by atoms with E-state index < -0.39 is 21.8 Å². The van der Waals surface area contributed by atoms with Crippen LogP contribution >= 0.6 is 11.3 Å². The van der Waals surface area contributed by atoms with E-state index in [0.29, 0.717) is 4.88 Å². The summed E-state index contributed by atoms with van der Waals surface area (Å²) in [4.78, 5) is 5.38. The van der Waals surface area contributed by atoms with E-state index in [2.05, 4.69) is 15.0 Å². The maximum Gasteiger partial charge on any atom is 0.419 e. The first-order chi connectivity index (χ1) is 11.1. The molecular weight excluding hydrogens is 363 g/mol. The van der Waals surface area contributed by atoms with Gasteiger partial charge in [-0.1, -0.05) is 0 Å². The van der Waals surface area contributed by atoms with Gasteiger partial charge in [-0.2, -0.15) is 13.2 Å². The molecule has 132 valence electrons. The number of halogens is 3. The lowest BCUT2D eigenvalue weighted by Crippen LogP contribution is -2.29. The molecule has 0 aliphatic rings. The molecule has 0 radical (unpaired) electrons. The molecule has 0 saturated carbocycles. The van der Waals surface area contributed by atoms with Crippen molar-refractivity contribution < 1.29 is 21.6 Å². The molecule has 0 bridgehead atoms. The lowest BCUT2D eigenvalue weighted by molar-refractivity contribution is -0.137. The Labute approximate surface area is 142 Å². The molecule has 0 atom stereocenters. The van der Waals surface area contributed by atoms with Crippen LogP contribution in [0.15, 0.2) is 29.3 Å². The van der Waals surface area contributed by atoms with Crippen LogP contribution in [0.25, 0.3) is 0 Å². The Hall–Kier alpha value is -1.65. The van der Waals surface area contributed by atoms with Crippen molar-refractivity contribution in [3.8, 4) is 0 Å². The predicted octanol–water partition coefficient (Wildman–Crippen LogP) is 3.17. The molecule has 0 unspecified atom stereocenters. The summed E-state index contributed by atoms with van der Waals surface area (Å²) in [6.45, 7) is 3.41. The lowest BCUT2D eigenvalue weighted by atomic mass is 10.2. The van der Waals surface area contributed by atoms with E-state index in [1.54, 1.807) is 19.9 Å². The molecule has 5 nitrogen and oxygen atoms in total. The minimum Gasteiger partial charge on any atom is -0.368 e. The molecule has 2 aromatic heterocycles. The van der Waals surface area contributed by atoms with Crippen molar-refractivity contribution in [1.82, 2.24) is 9.71 Å². The van der Waals surface area contributed by atoms with Gasteiger partial charge in [0.2, 0.25) is 10.0 Å². The van der Waals surface area contributed by atoms with Gasteiger partial charge in [0.15, 0.2) is 0 Å². The molecule has 0 fully saturated rings. The van der Waals surface area contributed by atoms with Gasteiger partial charge in [-0.15, -0.1) is 11.3 Å². The molecule has 0 aliphatic carbocycles. The number of sulfonamides is 1. The van der Waals surface area contributed by atoms with Gasteiger partial charge in [-0.25, -0.2) is 18.1 Å². The summed E-state index contributed by atoms with van der Waals surface area (Å²) in [5.41, 5.74) is -0.892. The number of hydrogen-bond donors (Lipinski definition) is 2. The van der Waals surface area contributed by atoms with Gasteiger partial charge in [0.25, 0.3) is 0 Å². The van der Waals surface area contributed by atoms with E-state index >= 15 is 0 Å². The average Bonchev–Trinajstić information content (AvgIpc) is 2.83. The first-order valence-electron chi connectivity index (χ1n) is 6.94. The summed E-state index contributed by atoms with van der Waals surface area (Å²) in [5, 5.41) is 2.51. The Morgan fingerprint density at radius 2 is 1.96 bits per heavy atom. The zero-order valence-corrected chi connectivity index (χ0v) is 14.6. The Kier molecular flexibility index (Phi) is 5.51. The molecule has 0 spiro atoms. The van der Waals surface area contributed by atoms with Crippen molar-refractivity contribution in [2.24, 2.45) is 0 Å². The first kappa shape index (κ1) is 18.7. The van der Waals surface area contributed by atoms with Crippen LogP contribution in [0.5, 0.6) is 0 Å². The van der Waals surface area contributed by atoms with Crippen LogP contribution in [0.4, 0.5) is 19.0 Å². The highest BCUT2D eigenvalue weighted by Crippen LogP contribution is 2.33. The van der Waals surface area contributed by atoms with E-state index in [1.807, 2.05) is 0 Å². The zero-order chi connectivity index (χ0) is 18.0. The topological polar surface area (TPSA) is 71.1 Å². The van der Waals surface area contributed by atoms with Gasteiger partial charge < -0.3 is 5.32 Å². The molecule has 24 heavy (non-hydrogen) atoms.